The van der Waals surface area contributed by atoms with E-state index in [9.17, 15) is 0 Å². The van der Waals surface area contributed by atoms with E-state index in [-0.39, 0.29) is 5.84 Å². The first-order chi connectivity index (χ1) is 9.22. The maximum atomic E-state index is 8.82. The number of oxime groups is 1. The van der Waals surface area contributed by atoms with Crippen LogP contribution in [-0.4, -0.2) is 30.9 Å². The fraction of sp³-hybridized carbons (Fsp3) is 0.462. The van der Waals surface area contributed by atoms with Gasteiger partial charge in [-0.05, 0) is 46.8 Å². The Morgan fingerprint density at radius 1 is 1.47 bits per heavy atom. The van der Waals surface area contributed by atoms with Crippen LogP contribution in [-0.2, 0) is 4.74 Å². The second-order valence-corrected chi connectivity index (χ2v) is 5.32. The maximum absolute atomic E-state index is 8.82. The Kier molecular flexibility index (Phi) is 5.04. The average molecular weight is 329 g/mol. The summed E-state index contributed by atoms with van der Waals surface area (Å²) in [5.41, 5.74) is 6.26. The highest BCUT2D eigenvalue weighted by molar-refractivity contribution is 9.10. The molecule has 0 radical (unpaired) electrons. The summed E-state index contributed by atoms with van der Waals surface area (Å²) in [7, 11) is 0. The molecule has 5 nitrogen and oxygen atoms in total. The van der Waals surface area contributed by atoms with Gasteiger partial charge in [-0.1, -0.05) is 11.2 Å². The molecule has 3 N–H and O–H groups in total. The summed E-state index contributed by atoms with van der Waals surface area (Å²) in [5, 5.41) is 11.9. The van der Waals surface area contributed by atoms with Gasteiger partial charge in [0.1, 0.15) is 5.75 Å². The van der Waals surface area contributed by atoms with Crippen LogP contribution in [0.2, 0.25) is 0 Å². The minimum atomic E-state index is 0.0365. The van der Waals surface area contributed by atoms with Crippen molar-refractivity contribution in [3.63, 3.8) is 0 Å². The summed E-state index contributed by atoms with van der Waals surface area (Å²) in [4.78, 5) is 0. The van der Waals surface area contributed by atoms with Gasteiger partial charge in [-0.2, -0.15) is 0 Å². The Morgan fingerprint density at radius 2 is 2.21 bits per heavy atom. The molecule has 1 aliphatic heterocycles. The van der Waals surface area contributed by atoms with Crippen molar-refractivity contribution < 1.29 is 14.7 Å². The highest BCUT2D eigenvalue weighted by Gasteiger charge is 2.17. The van der Waals surface area contributed by atoms with Crippen molar-refractivity contribution in [2.45, 2.75) is 12.8 Å². The summed E-state index contributed by atoms with van der Waals surface area (Å²) < 4.78 is 11.9. The lowest BCUT2D eigenvalue weighted by molar-refractivity contribution is 0.0497. The number of nitrogens with two attached hydrogens (primary N) is 1. The van der Waals surface area contributed by atoms with Crippen molar-refractivity contribution in [3.8, 4) is 5.75 Å². The van der Waals surface area contributed by atoms with E-state index >= 15 is 0 Å². The van der Waals surface area contributed by atoms with Gasteiger partial charge in [-0.3, -0.25) is 0 Å². The van der Waals surface area contributed by atoms with Crippen LogP contribution in [0.4, 0.5) is 0 Å². The molecule has 1 fully saturated rings. The Morgan fingerprint density at radius 3 is 2.89 bits per heavy atom. The molecule has 0 spiro atoms. The fourth-order valence-corrected chi connectivity index (χ4v) is 2.60. The van der Waals surface area contributed by atoms with Crippen LogP contribution in [0.5, 0.6) is 5.75 Å². The molecule has 0 unspecified atom stereocenters. The summed E-state index contributed by atoms with van der Waals surface area (Å²) >= 11 is 3.38. The molecular weight excluding hydrogens is 312 g/mol. The number of halogens is 1. The first-order valence-corrected chi connectivity index (χ1v) is 6.98. The first-order valence-electron chi connectivity index (χ1n) is 6.19. The normalized spacial score (nSPS) is 17.4. The summed E-state index contributed by atoms with van der Waals surface area (Å²) in [6.07, 6.45) is 2.01. The zero-order valence-corrected chi connectivity index (χ0v) is 12.1. The number of nitrogens with zero attached hydrogens (tertiary/aromatic N) is 1. The van der Waals surface area contributed by atoms with Gasteiger partial charge in [0.05, 0.1) is 12.2 Å². The van der Waals surface area contributed by atoms with Gasteiger partial charge in [0.2, 0.25) is 0 Å². The predicted molar refractivity (Wildman–Crippen MR) is 75.7 cm³/mol. The number of hydrogen-bond acceptors (Lipinski definition) is 4. The van der Waals surface area contributed by atoms with Gasteiger partial charge in [0.25, 0.3) is 0 Å². The molecule has 0 bridgehead atoms. The molecule has 1 aromatic carbocycles. The number of hydrogen-bond donors (Lipinski definition) is 2. The Balaban J connectivity index is 2.09. The molecule has 2 rings (SSSR count). The third-order valence-corrected chi connectivity index (χ3v) is 3.82. The molecule has 0 aliphatic carbocycles. The van der Waals surface area contributed by atoms with Crippen LogP contribution >= 0.6 is 15.9 Å². The van der Waals surface area contributed by atoms with Gasteiger partial charge in [0.15, 0.2) is 5.84 Å². The van der Waals surface area contributed by atoms with Crippen LogP contribution in [0.15, 0.2) is 27.8 Å². The van der Waals surface area contributed by atoms with E-state index in [2.05, 4.69) is 21.1 Å². The highest BCUT2D eigenvalue weighted by Crippen LogP contribution is 2.27. The standard InChI is InChI=1S/C13H17BrN2O3/c14-10-2-1-3-11(12(10)13(15)16-17)19-8-9-4-6-18-7-5-9/h1-3,9,17H,4-8H2,(H2,15,16). The van der Waals surface area contributed by atoms with Crippen molar-refractivity contribution in [2.75, 3.05) is 19.8 Å². The lowest BCUT2D eigenvalue weighted by Crippen LogP contribution is -2.22. The van der Waals surface area contributed by atoms with E-state index in [0.717, 1.165) is 30.5 Å². The predicted octanol–water partition coefficient (Wildman–Crippen LogP) is 2.35. The number of ether oxygens (including phenoxy) is 2. The molecule has 104 valence electrons. The maximum Gasteiger partial charge on any atom is 0.174 e. The largest absolute Gasteiger partial charge is 0.492 e. The molecule has 1 saturated heterocycles. The molecule has 0 saturated carbocycles. The summed E-state index contributed by atoms with van der Waals surface area (Å²) in [5.74, 6) is 1.15. The average Bonchev–Trinajstić information content (AvgIpc) is 2.45. The Bertz CT molecular complexity index is 459. The SMILES string of the molecule is N/C(=N/O)c1c(Br)cccc1OCC1CCOCC1. The minimum Gasteiger partial charge on any atom is -0.492 e. The van der Waals surface area contributed by atoms with Crippen LogP contribution in [0.25, 0.3) is 0 Å². The Hall–Kier alpha value is -1.27. The second-order valence-electron chi connectivity index (χ2n) is 4.46. The van der Waals surface area contributed by atoms with E-state index < -0.39 is 0 Å². The van der Waals surface area contributed by atoms with Gasteiger partial charge in [0, 0.05) is 17.7 Å². The van der Waals surface area contributed by atoms with E-state index in [1.165, 1.54) is 0 Å². The summed E-state index contributed by atoms with van der Waals surface area (Å²) in [6.45, 7) is 2.20. The molecule has 1 heterocycles. The molecule has 19 heavy (non-hydrogen) atoms. The van der Waals surface area contributed by atoms with E-state index in [0.29, 0.717) is 23.8 Å². The smallest absolute Gasteiger partial charge is 0.174 e. The summed E-state index contributed by atoms with van der Waals surface area (Å²) in [6, 6.07) is 5.50. The van der Waals surface area contributed by atoms with Crippen molar-refractivity contribution in [1.29, 1.82) is 0 Å². The van der Waals surface area contributed by atoms with E-state index in [1.807, 2.05) is 18.2 Å². The van der Waals surface area contributed by atoms with Crippen molar-refractivity contribution in [2.24, 2.45) is 16.8 Å². The molecule has 0 atom stereocenters. The molecule has 1 aliphatic rings. The van der Waals surface area contributed by atoms with Crippen molar-refractivity contribution >= 4 is 21.8 Å². The van der Waals surface area contributed by atoms with Gasteiger partial charge >= 0.3 is 0 Å². The topological polar surface area (TPSA) is 77.1 Å². The third-order valence-electron chi connectivity index (χ3n) is 3.15. The van der Waals surface area contributed by atoms with Gasteiger partial charge < -0.3 is 20.4 Å². The lowest BCUT2D eigenvalue weighted by atomic mass is 10.0. The molecule has 0 aromatic heterocycles. The van der Waals surface area contributed by atoms with Crippen LogP contribution in [0.1, 0.15) is 18.4 Å². The Labute approximate surface area is 120 Å². The van der Waals surface area contributed by atoms with E-state index in [1.54, 1.807) is 0 Å². The van der Waals surface area contributed by atoms with Crippen LogP contribution < -0.4 is 10.5 Å². The van der Waals surface area contributed by atoms with Crippen molar-refractivity contribution in [3.05, 3.63) is 28.2 Å². The first kappa shape index (κ1) is 14.1. The highest BCUT2D eigenvalue weighted by atomic mass is 79.9. The quantitative estimate of drug-likeness (QED) is 0.385. The monoisotopic (exact) mass is 328 g/mol. The zero-order valence-electron chi connectivity index (χ0n) is 10.5. The molecule has 6 heteroatoms. The molecule has 1 aromatic rings. The van der Waals surface area contributed by atoms with Crippen LogP contribution in [0, 0.1) is 5.92 Å². The number of amidine groups is 1. The lowest BCUT2D eigenvalue weighted by Gasteiger charge is -2.22. The number of benzene rings is 1. The fourth-order valence-electron chi connectivity index (χ4n) is 2.04. The minimum absolute atomic E-state index is 0.0365. The van der Waals surface area contributed by atoms with Gasteiger partial charge in [-0.25, -0.2) is 0 Å². The van der Waals surface area contributed by atoms with Crippen LogP contribution in [0.3, 0.4) is 0 Å². The third kappa shape index (κ3) is 3.61. The number of rotatable bonds is 4. The van der Waals surface area contributed by atoms with Crippen molar-refractivity contribution in [1.82, 2.24) is 0 Å². The van der Waals surface area contributed by atoms with E-state index in [4.69, 9.17) is 20.4 Å². The zero-order chi connectivity index (χ0) is 13.7. The van der Waals surface area contributed by atoms with Gasteiger partial charge in [-0.15, -0.1) is 0 Å². The molecule has 0 amide bonds. The molecular formula is C13H17BrN2O3. The second kappa shape index (κ2) is 6.77.